The molecule has 0 bridgehead atoms. The molecule has 5 heteroatoms. The first kappa shape index (κ1) is 16.6. The van der Waals surface area contributed by atoms with Crippen LogP contribution in [-0.2, 0) is 24.8 Å². The molecule has 2 aromatic rings. The van der Waals surface area contributed by atoms with Crippen LogP contribution >= 0.6 is 0 Å². The van der Waals surface area contributed by atoms with E-state index in [1.165, 1.54) is 40.9 Å². The smallest absolute Gasteiger partial charge is 0.131 e. The molecule has 1 aromatic heterocycles. The summed E-state index contributed by atoms with van der Waals surface area (Å²) in [6, 6.07) is 7.32. The fraction of sp³-hybridized carbons (Fsp3) is 0.550. The third-order valence-corrected chi connectivity index (χ3v) is 5.53. The van der Waals surface area contributed by atoms with Crippen LogP contribution in [0.1, 0.15) is 40.4 Å². The molecule has 0 unspecified atom stereocenters. The predicted molar refractivity (Wildman–Crippen MR) is 100 cm³/mol. The molecule has 0 radical (unpaired) electrons. The Morgan fingerprint density at radius 2 is 2.04 bits per heavy atom. The maximum atomic E-state index is 5.51. The minimum Gasteiger partial charge on any atom is -0.378 e. The van der Waals surface area contributed by atoms with Gasteiger partial charge in [0.05, 0.1) is 18.9 Å². The Bertz CT molecular complexity index is 761. The van der Waals surface area contributed by atoms with Crippen LogP contribution in [0.3, 0.4) is 0 Å². The minimum atomic E-state index is 0.452. The van der Waals surface area contributed by atoms with Gasteiger partial charge in [-0.3, -0.25) is 4.68 Å². The highest BCUT2D eigenvalue weighted by Gasteiger charge is 2.25. The summed E-state index contributed by atoms with van der Waals surface area (Å²) in [5.41, 5.74) is 6.79. The summed E-state index contributed by atoms with van der Waals surface area (Å²) < 4.78 is 7.54. The zero-order chi connectivity index (χ0) is 17.4. The fourth-order valence-corrected chi connectivity index (χ4v) is 4.25. The van der Waals surface area contributed by atoms with Gasteiger partial charge >= 0.3 is 0 Å². The standard InChI is InChI=1S/C20H28N4O/c1-14-4-6-17-16(12-14)5-7-19(17)21-13-18-15(2)22-23(3)20(18)24-8-10-25-11-9-24/h4,6,12,19,21H,5,7-11,13H2,1-3H3/t19-/m0/s1. The van der Waals surface area contributed by atoms with E-state index in [2.05, 4.69) is 54.4 Å². The van der Waals surface area contributed by atoms with E-state index in [-0.39, 0.29) is 0 Å². The van der Waals surface area contributed by atoms with E-state index >= 15 is 0 Å². The average molecular weight is 340 g/mol. The highest BCUT2D eigenvalue weighted by molar-refractivity contribution is 5.50. The van der Waals surface area contributed by atoms with Gasteiger partial charge in [-0.25, -0.2) is 0 Å². The summed E-state index contributed by atoms with van der Waals surface area (Å²) >= 11 is 0. The third kappa shape index (κ3) is 3.18. The molecule has 1 aliphatic carbocycles. The van der Waals surface area contributed by atoms with Crippen LogP contribution in [0.5, 0.6) is 0 Å². The van der Waals surface area contributed by atoms with Gasteiger partial charge in [0.2, 0.25) is 0 Å². The van der Waals surface area contributed by atoms with Crippen LogP contribution in [0.2, 0.25) is 0 Å². The molecule has 4 rings (SSSR count). The lowest BCUT2D eigenvalue weighted by atomic mass is 10.1. The number of aromatic nitrogens is 2. The number of nitrogens with zero attached hydrogens (tertiary/aromatic N) is 3. The Morgan fingerprint density at radius 3 is 2.84 bits per heavy atom. The van der Waals surface area contributed by atoms with Gasteiger partial charge in [-0.15, -0.1) is 0 Å². The molecule has 0 spiro atoms. The van der Waals surface area contributed by atoms with Gasteiger partial charge in [0.25, 0.3) is 0 Å². The van der Waals surface area contributed by atoms with E-state index in [0.29, 0.717) is 6.04 Å². The first-order valence-corrected chi connectivity index (χ1v) is 9.31. The molecule has 1 fully saturated rings. The van der Waals surface area contributed by atoms with Crippen molar-refractivity contribution in [3.8, 4) is 0 Å². The van der Waals surface area contributed by atoms with E-state index in [9.17, 15) is 0 Å². The molecular formula is C20H28N4O. The van der Waals surface area contributed by atoms with E-state index < -0.39 is 0 Å². The van der Waals surface area contributed by atoms with Crippen LogP contribution in [0.15, 0.2) is 18.2 Å². The molecule has 1 aromatic carbocycles. The number of nitrogens with one attached hydrogen (secondary N) is 1. The number of rotatable bonds is 4. The number of aryl methyl sites for hydroxylation is 4. The molecule has 1 saturated heterocycles. The van der Waals surface area contributed by atoms with Crippen LogP contribution < -0.4 is 10.2 Å². The van der Waals surface area contributed by atoms with Crippen molar-refractivity contribution in [2.45, 2.75) is 39.3 Å². The monoisotopic (exact) mass is 340 g/mol. The van der Waals surface area contributed by atoms with Crippen molar-refractivity contribution in [2.24, 2.45) is 7.05 Å². The first-order chi connectivity index (χ1) is 12.1. The summed E-state index contributed by atoms with van der Waals surface area (Å²) in [7, 11) is 2.05. The normalized spacial score (nSPS) is 20.1. The first-order valence-electron chi connectivity index (χ1n) is 9.31. The Hall–Kier alpha value is -1.85. The number of fused-ring (bicyclic) bond motifs is 1. The molecule has 25 heavy (non-hydrogen) atoms. The van der Waals surface area contributed by atoms with Crippen LogP contribution in [0, 0.1) is 13.8 Å². The number of ether oxygens (including phenoxy) is 1. The molecule has 1 N–H and O–H groups in total. The number of hydrogen-bond donors (Lipinski definition) is 1. The van der Waals surface area contributed by atoms with Crippen molar-refractivity contribution in [1.82, 2.24) is 15.1 Å². The summed E-state index contributed by atoms with van der Waals surface area (Å²) in [4.78, 5) is 2.41. The largest absolute Gasteiger partial charge is 0.378 e. The van der Waals surface area contributed by atoms with Crippen molar-refractivity contribution in [1.29, 1.82) is 0 Å². The van der Waals surface area contributed by atoms with E-state index in [0.717, 1.165) is 38.5 Å². The van der Waals surface area contributed by atoms with Gasteiger partial charge in [0.15, 0.2) is 0 Å². The van der Waals surface area contributed by atoms with Crippen molar-refractivity contribution in [3.05, 3.63) is 46.1 Å². The SMILES string of the molecule is Cc1ccc2c(c1)CC[C@@H]2NCc1c(C)nn(C)c1N1CCOCC1. The topological polar surface area (TPSA) is 42.3 Å². The van der Waals surface area contributed by atoms with Gasteiger partial charge < -0.3 is 15.0 Å². The maximum absolute atomic E-state index is 5.51. The summed E-state index contributed by atoms with van der Waals surface area (Å²) in [6.07, 6.45) is 2.36. The van der Waals surface area contributed by atoms with Crippen LogP contribution in [0.4, 0.5) is 5.82 Å². The Kier molecular flexibility index (Phi) is 4.52. The van der Waals surface area contributed by atoms with Crippen molar-refractivity contribution in [2.75, 3.05) is 31.2 Å². The molecule has 1 atom stereocenters. The van der Waals surface area contributed by atoms with Crippen LogP contribution in [-0.4, -0.2) is 36.1 Å². The molecule has 1 aliphatic heterocycles. The zero-order valence-corrected chi connectivity index (χ0v) is 15.5. The highest BCUT2D eigenvalue weighted by Crippen LogP contribution is 2.33. The number of anilines is 1. The fourth-order valence-electron chi connectivity index (χ4n) is 4.25. The lowest BCUT2D eigenvalue weighted by Crippen LogP contribution is -2.38. The van der Waals surface area contributed by atoms with Gasteiger partial charge in [0.1, 0.15) is 5.82 Å². The lowest BCUT2D eigenvalue weighted by Gasteiger charge is -2.30. The van der Waals surface area contributed by atoms with E-state index in [4.69, 9.17) is 4.74 Å². The van der Waals surface area contributed by atoms with Gasteiger partial charge in [-0.2, -0.15) is 5.10 Å². The summed E-state index contributed by atoms with van der Waals surface area (Å²) in [5.74, 6) is 1.25. The van der Waals surface area contributed by atoms with Crippen molar-refractivity contribution >= 4 is 5.82 Å². The highest BCUT2D eigenvalue weighted by atomic mass is 16.5. The second-order valence-electron chi connectivity index (χ2n) is 7.29. The second-order valence-corrected chi connectivity index (χ2v) is 7.29. The molecular weight excluding hydrogens is 312 g/mol. The van der Waals surface area contributed by atoms with Gasteiger partial charge in [-0.05, 0) is 37.8 Å². The van der Waals surface area contributed by atoms with E-state index in [1.54, 1.807) is 0 Å². The lowest BCUT2D eigenvalue weighted by molar-refractivity contribution is 0.122. The van der Waals surface area contributed by atoms with E-state index in [1.807, 2.05) is 4.68 Å². The molecule has 0 saturated carbocycles. The second kappa shape index (κ2) is 6.81. The maximum Gasteiger partial charge on any atom is 0.131 e. The number of morpholine rings is 1. The number of benzene rings is 1. The molecule has 134 valence electrons. The Balaban J connectivity index is 1.52. The van der Waals surface area contributed by atoms with Crippen LogP contribution in [0.25, 0.3) is 0 Å². The van der Waals surface area contributed by atoms with Crippen molar-refractivity contribution < 1.29 is 4.74 Å². The molecule has 2 heterocycles. The Labute approximate surface area is 150 Å². The molecule has 5 nitrogen and oxygen atoms in total. The average Bonchev–Trinajstić information content (AvgIpc) is 3.13. The van der Waals surface area contributed by atoms with Gasteiger partial charge in [0, 0.05) is 38.3 Å². The van der Waals surface area contributed by atoms with Crippen molar-refractivity contribution in [3.63, 3.8) is 0 Å². The third-order valence-electron chi connectivity index (χ3n) is 5.53. The number of hydrogen-bond acceptors (Lipinski definition) is 4. The Morgan fingerprint density at radius 1 is 1.24 bits per heavy atom. The molecule has 0 amide bonds. The van der Waals surface area contributed by atoms with Gasteiger partial charge in [-0.1, -0.05) is 23.8 Å². The predicted octanol–water partition coefficient (Wildman–Crippen LogP) is 2.65. The quantitative estimate of drug-likeness (QED) is 0.929. The zero-order valence-electron chi connectivity index (χ0n) is 15.5. The summed E-state index contributed by atoms with van der Waals surface area (Å²) in [5, 5.41) is 8.48. The summed E-state index contributed by atoms with van der Waals surface area (Å²) in [6.45, 7) is 8.64. The molecule has 2 aliphatic rings. The minimum absolute atomic E-state index is 0.452.